The van der Waals surface area contributed by atoms with Crippen molar-refractivity contribution in [3.8, 4) is 0 Å². The van der Waals surface area contributed by atoms with E-state index >= 15 is 0 Å². The lowest BCUT2D eigenvalue weighted by molar-refractivity contribution is -0.117. The van der Waals surface area contributed by atoms with Crippen molar-refractivity contribution in [1.82, 2.24) is 10.2 Å². The molecule has 2 N–H and O–H groups in total. The Bertz CT molecular complexity index is 582. The highest BCUT2D eigenvalue weighted by Gasteiger charge is 2.16. The quantitative estimate of drug-likeness (QED) is 0.833. The number of fused-ring (bicyclic) bond motifs is 1. The lowest BCUT2D eigenvalue weighted by Crippen LogP contribution is -2.16. The lowest BCUT2D eigenvalue weighted by atomic mass is 9.96. The Morgan fingerprint density at radius 3 is 2.85 bits per heavy atom. The van der Waals surface area contributed by atoms with E-state index < -0.39 is 0 Å². The van der Waals surface area contributed by atoms with E-state index in [2.05, 4.69) is 15.5 Å². The Hall–Kier alpha value is -1.84. The molecule has 3 rings (SSSR count). The Morgan fingerprint density at radius 1 is 1.25 bits per heavy atom. The molecule has 4 nitrogen and oxygen atoms in total. The molecule has 1 fully saturated rings. The van der Waals surface area contributed by atoms with E-state index in [4.69, 9.17) is 0 Å². The number of nitrogens with zero attached hydrogens (tertiary/aromatic N) is 1. The number of H-pyrrole nitrogens is 1. The van der Waals surface area contributed by atoms with Crippen LogP contribution in [0.3, 0.4) is 0 Å². The van der Waals surface area contributed by atoms with E-state index in [1.54, 1.807) is 6.20 Å². The summed E-state index contributed by atoms with van der Waals surface area (Å²) in [7, 11) is 0. The molecule has 1 amide bonds. The summed E-state index contributed by atoms with van der Waals surface area (Å²) in [5.41, 5.74) is 1.85. The number of carbonyl (C=O) groups excluding carboxylic acids is 1. The number of anilines is 1. The van der Waals surface area contributed by atoms with Gasteiger partial charge in [-0.25, -0.2) is 0 Å². The summed E-state index contributed by atoms with van der Waals surface area (Å²) < 4.78 is 0. The average molecular weight is 271 g/mol. The number of nitrogens with one attached hydrogen (secondary N) is 2. The van der Waals surface area contributed by atoms with Gasteiger partial charge in [-0.05, 0) is 37.0 Å². The van der Waals surface area contributed by atoms with Crippen molar-refractivity contribution in [3.05, 3.63) is 24.4 Å². The molecule has 4 heteroatoms. The highest BCUT2D eigenvalue weighted by atomic mass is 16.1. The number of hydrogen-bond donors (Lipinski definition) is 2. The number of carbonyl (C=O) groups is 1. The maximum atomic E-state index is 12.1. The van der Waals surface area contributed by atoms with Crippen molar-refractivity contribution in [2.24, 2.45) is 5.92 Å². The van der Waals surface area contributed by atoms with Crippen LogP contribution in [0.2, 0.25) is 0 Å². The van der Waals surface area contributed by atoms with Gasteiger partial charge in [-0.15, -0.1) is 0 Å². The van der Waals surface area contributed by atoms with Crippen LogP contribution in [-0.2, 0) is 4.79 Å². The van der Waals surface area contributed by atoms with Crippen LogP contribution >= 0.6 is 0 Å². The number of benzene rings is 1. The van der Waals surface area contributed by atoms with Crippen LogP contribution in [0.25, 0.3) is 10.9 Å². The highest BCUT2D eigenvalue weighted by molar-refractivity contribution is 5.93. The number of aromatic nitrogens is 2. The minimum absolute atomic E-state index is 0.139. The maximum absolute atomic E-state index is 12.1. The van der Waals surface area contributed by atoms with Crippen LogP contribution in [0.1, 0.15) is 44.9 Å². The highest BCUT2D eigenvalue weighted by Crippen LogP contribution is 2.26. The zero-order valence-corrected chi connectivity index (χ0v) is 11.7. The van der Waals surface area contributed by atoms with Gasteiger partial charge >= 0.3 is 0 Å². The van der Waals surface area contributed by atoms with Crippen LogP contribution in [0.15, 0.2) is 24.4 Å². The summed E-state index contributed by atoms with van der Waals surface area (Å²) in [5, 5.41) is 10.9. The van der Waals surface area contributed by atoms with Crippen LogP contribution in [0.4, 0.5) is 5.69 Å². The van der Waals surface area contributed by atoms with Gasteiger partial charge in [-0.3, -0.25) is 9.89 Å². The third-order valence-electron chi connectivity index (χ3n) is 4.17. The molecule has 1 saturated carbocycles. The van der Waals surface area contributed by atoms with Crippen molar-refractivity contribution >= 4 is 22.5 Å². The molecule has 1 heterocycles. The monoisotopic (exact) mass is 271 g/mol. The van der Waals surface area contributed by atoms with Gasteiger partial charge in [0.15, 0.2) is 0 Å². The molecule has 0 aliphatic heterocycles. The van der Waals surface area contributed by atoms with E-state index in [0.29, 0.717) is 12.3 Å². The summed E-state index contributed by atoms with van der Waals surface area (Å²) in [4.78, 5) is 12.1. The standard InChI is InChI=1S/C16H21N3O/c20-16(9-12-5-3-1-2-4-6-12)18-14-7-8-15-13(10-14)11-17-19-15/h7-8,10-12H,1-6,9H2,(H,17,19)(H,18,20). The summed E-state index contributed by atoms with van der Waals surface area (Å²) in [6.07, 6.45) is 10.0. The number of aromatic amines is 1. The normalized spacial score (nSPS) is 17.0. The molecule has 106 valence electrons. The van der Waals surface area contributed by atoms with Crippen molar-refractivity contribution in [1.29, 1.82) is 0 Å². The van der Waals surface area contributed by atoms with Crippen molar-refractivity contribution in [2.75, 3.05) is 5.32 Å². The summed E-state index contributed by atoms with van der Waals surface area (Å²) in [5.74, 6) is 0.704. The summed E-state index contributed by atoms with van der Waals surface area (Å²) >= 11 is 0. The fraction of sp³-hybridized carbons (Fsp3) is 0.500. The number of amides is 1. The molecule has 0 atom stereocenters. The Kier molecular flexibility index (Phi) is 4.00. The average Bonchev–Trinajstić information content (AvgIpc) is 2.75. The second-order valence-electron chi connectivity index (χ2n) is 5.78. The minimum atomic E-state index is 0.139. The minimum Gasteiger partial charge on any atom is -0.326 e. The second kappa shape index (κ2) is 6.07. The molecule has 0 unspecified atom stereocenters. The predicted molar refractivity (Wildman–Crippen MR) is 80.5 cm³/mol. The van der Waals surface area contributed by atoms with Gasteiger partial charge < -0.3 is 5.32 Å². The summed E-state index contributed by atoms with van der Waals surface area (Å²) in [6.45, 7) is 0. The first-order valence-electron chi connectivity index (χ1n) is 7.54. The lowest BCUT2D eigenvalue weighted by Gasteiger charge is -2.13. The SMILES string of the molecule is O=C(CC1CCCCCC1)Nc1ccc2[nH]ncc2c1. The molecule has 0 spiro atoms. The first-order valence-corrected chi connectivity index (χ1v) is 7.54. The third-order valence-corrected chi connectivity index (χ3v) is 4.17. The predicted octanol–water partition coefficient (Wildman–Crippen LogP) is 3.86. The second-order valence-corrected chi connectivity index (χ2v) is 5.78. The molecule has 0 saturated heterocycles. The molecule has 0 radical (unpaired) electrons. The van der Waals surface area contributed by atoms with E-state index in [0.717, 1.165) is 16.6 Å². The van der Waals surface area contributed by atoms with Gasteiger partial charge in [0.25, 0.3) is 0 Å². The van der Waals surface area contributed by atoms with Crippen LogP contribution in [0.5, 0.6) is 0 Å². The summed E-state index contributed by atoms with van der Waals surface area (Å²) in [6, 6.07) is 5.83. The molecule has 2 aromatic rings. The van der Waals surface area contributed by atoms with Crippen molar-refractivity contribution < 1.29 is 4.79 Å². The Labute approximate surface area is 119 Å². The Balaban J connectivity index is 1.59. The maximum Gasteiger partial charge on any atom is 0.224 e. The number of rotatable bonds is 3. The Morgan fingerprint density at radius 2 is 2.05 bits per heavy atom. The van der Waals surface area contributed by atoms with Gasteiger partial charge in [0.05, 0.1) is 11.7 Å². The molecule has 1 aliphatic carbocycles. The largest absolute Gasteiger partial charge is 0.326 e. The first kappa shape index (κ1) is 13.2. The van der Waals surface area contributed by atoms with E-state index in [-0.39, 0.29) is 5.91 Å². The molecular weight excluding hydrogens is 250 g/mol. The van der Waals surface area contributed by atoms with Crippen LogP contribution in [0, 0.1) is 5.92 Å². The first-order chi connectivity index (χ1) is 9.81. The van der Waals surface area contributed by atoms with Crippen molar-refractivity contribution in [2.45, 2.75) is 44.9 Å². The molecule has 1 aromatic heterocycles. The van der Waals surface area contributed by atoms with E-state index in [1.807, 2.05) is 18.2 Å². The molecule has 1 aromatic carbocycles. The fourth-order valence-electron chi connectivity index (χ4n) is 3.06. The van der Waals surface area contributed by atoms with Crippen molar-refractivity contribution in [3.63, 3.8) is 0 Å². The van der Waals surface area contributed by atoms with E-state index in [1.165, 1.54) is 38.5 Å². The molecule has 0 bridgehead atoms. The topological polar surface area (TPSA) is 57.8 Å². The van der Waals surface area contributed by atoms with Gasteiger partial charge in [0.2, 0.25) is 5.91 Å². The zero-order chi connectivity index (χ0) is 13.8. The van der Waals surface area contributed by atoms with Gasteiger partial charge in [0, 0.05) is 17.5 Å². The van der Waals surface area contributed by atoms with Gasteiger partial charge in [-0.1, -0.05) is 25.7 Å². The zero-order valence-electron chi connectivity index (χ0n) is 11.7. The van der Waals surface area contributed by atoms with Gasteiger partial charge in [0.1, 0.15) is 0 Å². The van der Waals surface area contributed by atoms with Crippen LogP contribution < -0.4 is 5.32 Å². The molecule has 1 aliphatic rings. The van der Waals surface area contributed by atoms with Gasteiger partial charge in [-0.2, -0.15) is 5.10 Å². The van der Waals surface area contributed by atoms with Crippen LogP contribution in [-0.4, -0.2) is 16.1 Å². The number of hydrogen-bond acceptors (Lipinski definition) is 2. The molecular formula is C16H21N3O. The molecule has 20 heavy (non-hydrogen) atoms. The third kappa shape index (κ3) is 3.18. The fourth-order valence-corrected chi connectivity index (χ4v) is 3.06. The smallest absolute Gasteiger partial charge is 0.224 e. The van der Waals surface area contributed by atoms with E-state index in [9.17, 15) is 4.79 Å².